The normalized spacial score (nSPS) is 15.3. The molecule has 1 aliphatic rings. The third kappa shape index (κ3) is 7.67. The SMILES string of the molecule is CCc1ccc(C2=Cc3cc(OCCCCOC(=O)C(C)(C)C(C)(N)CC(C)(C)N)ccc3C2)c(C(F)(F)F)c1. The van der Waals surface area contributed by atoms with Crippen LogP contribution in [0.3, 0.4) is 0 Å². The first-order chi connectivity index (χ1) is 18.4. The molecule has 220 valence electrons. The van der Waals surface area contributed by atoms with Crippen molar-refractivity contribution >= 4 is 17.6 Å². The molecular weight excluding hydrogens is 517 g/mol. The van der Waals surface area contributed by atoms with E-state index in [2.05, 4.69) is 0 Å². The lowest BCUT2D eigenvalue weighted by molar-refractivity contribution is -0.158. The Bertz CT molecular complexity index is 1240. The van der Waals surface area contributed by atoms with Crippen molar-refractivity contribution in [1.29, 1.82) is 0 Å². The Morgan fingerprint density at radius 2 is 1.62 bits per heavy atom. The summed E-state index contributed by atoms with van der Waals surface area (Å²) >= 11 is 0. The summed E-state index contributed by atoms with van der Waals surface area (Å²) in [5.74, 6) is 0.289. The van der Waals surface area contributed by atoms with Gasteiger partial charge in [-0.25, -0.2) is 0 Å². The largest absolute Gasteiger partial charge is 0.494 e. The second kappa shape index (κ2) is 12.0. The number of allylic oxidation sites excluding steroid dienone is 1. The number of carbonyl (C=O) groups excluding carboxylic acids is 1. The number of rotatable bonds is 12. The van der Waals surface area contributed by atoms with E-state index in [1.54, 1.807) is 26.0 Å². The maximum Gasteiger partial charge on any atom is 0.417 e. The van der Waals surface area contributed by atoms with E-state index in [9.17, 15) is 18.0 Å². The predicted octanol–water partition coefficient (Wildman–Crippen LogP) is 6.94. The molecule has 3 rings (SSSR count). The maximum absolute atomic E-state index is 13.8. The number of fused-ring (bicyclic) bond motifs is 1. The quantitative estimate of drug-likeness (QED) is 0.217. The van der Waals surface area contributed by atoms with E-state index in [-0.39, 0.29) is 18.1 Å². The van der Waals surface area contributed by atoms with E-state index in [0.29, 0.717) is 55.6 Å². The van der Waals surface area contributed by atoms with E-state index in [1.807, 2.05) is 52.0 Å². The van der Waals surface area contributed by atoms with E-state index < -0.39 is 28.2 Å². The van der Waals surface area contributed by atoms with Gasteiger partial charge in [-0.3, -0.25) is 4.79 Å². The molecule has 1 atom stereocenters. The number of alkyl halides is 3. The number of ether oxygens (including phenoxy) is 2. The highest BCUT2D eigenvalue weighted by Crippen LogP contribution is 2.41. The number of hydrogen-bond acceptors (Lipinski definition) is 5. The maximum atomic E-state index is 13.8. The molecule has 0 heterocycles. The summed E-state index contributed by atoms with van der Waals surface area (Å²) in [6, 6.07) is 10.2. The molecule has 40 heavy (non-hydrogen) atoms. The Morgan fingerprint density at radius 1 is 0.950 bits per heavy atom. The molecule has 4 N–H and O–H groups in total. The van der Waals surface area contributed by atoms with Crippen LogP contribution in [0, 0.1) is 5.41 Å². The number of benzene rings is 2. The van der Waals surface area contributed by atoms with Gasteiger partial charge >= 0.3 is 12.1 Å². The van der Waals surface area contributed by atoms with Crippen molar-refractivity contribution in [3.8, 4) is 5.75 Å². The minimum Gasteiger partial charge on any atom is -0.494 e. The van der Waals surface area contributed by atoms with Gasteiger partial charge in [0.15, 0.2) is 0 Å². The first kappa shape index (κ1) is 31.7. The summed E-state index contributed by atoms with van der Waals surface area (Å²) in [6.45, 7) is 11.7. The number of hydrogen-bond donors (Lipinski definition) is 2. The minimum atomic E-state index is -4.42. The van der Waals surface area contributed by atoms with Gasteiger partial charge in [0, 0.05) is 11.1 Å². The van der Waals surface area contributed by atoms with Crippen molar-refractivity contribution < 1.29 is 27.4 Å². The number of nitrogens with two attached hydrogens (primary N) is 2. The molecule has 0 aromatic heterocycles. The van der Waals surface area contributed by atoms with Crippen LogP contribution in [0.25, 0.3) is 11.6 Å². The summed E-state index contributed by atoms with van der Waals surface area (Å²) in [5, 5.41) is 0. The highest BCUT2D eigenvalue weighted by atomic mass is 19.4. The Labute approximate surface area is 236 Å². The molecule has 1 unspecified atom stereocenters. The molecule has 0 radical (unpaired) electrons. The van der Waals surface area contributed by atoms with Crippen molar-refractivity contribution in [3.63, 3.8) is 0 Å². The van der Waals surface area contributed by atoms with Gasteiger partial charge in [0.2, 0.25) is 0 Å². The fourth-order valence-corrected chi connectivity index (χ4v) is 5.04. The lowest BCUT2D eigenvalue weighted by atomic mass is 9.68. The summed E-state index contributed by atoms with van der Waals surface area (Å²) < 4.78 is 52.7. The van der Waals surface area contributed by atoms with Crippen LogP contribution in [0.5, 0.6) is 5.75 Å². The van der Waals surface area contributed by atoms with Crippen LogP contribution in [0.1, 0.15) is 88.6 Å². The van der Waals surface area contributed by atoms with E-state index in [0.717, 1.165) is 11.1 Å². The van der Waals surface area contributed by atoms with Crippen LogP contribution in [-0.4, -0.2) is 30.3 Å². The molecule has 0 bridgehead atoms. The van der Waals surface area contributed by atoms with E-state index >= 15 is 0 Å². The topological polar surface area (TPSA) is 87.6 Å². The first-order valence-corrected chi connectivity index (χ1v) is 13.9. The highest BCUT2D eigenvalue weighted by molar-refractivity contribution is 5.90. The Kier molecular flexibility index (Phi) is 9.47. The van der Waals surface area contributed by atoms with Crippen molar-refractivity contribution in [1.82, 2.24) is 0 Å². The van der Waals surface area contributed by atoms with Gasteiger partial charge in [-0.1, -0.05) is 31.2 Å². The van der Waals surface area contributed by atoms with E-state index in [1.165, 1.54) is 6.07 Å². The van der Waals surface area contributed by atoms with Crippen molar-refractivity contribution in [2.75, 3.05) is 13.2 Å². The van der Waals surface area contributed by atoms with Crippen LogP contribution >= 0.6 is 0 Å². The van der Waals surface area contributed by atoms with Crippen LogP contribution in [0.2, 0.25) is 0 Å². The van der Waals surface area contributed by atoms with Gasteiger partial charge in [-0.05, 0) is 113 Å². The van der Waals surface area contributed by atoms with Crippen molar-refractivity contribution in [2.24, 2.45) is 16.9 Å². The molecule has 0 spiro atoms. The summed E-state index contributed by atoms with van der Waals surface area (Å²) in [4.78, 5) is 12.8. The van der Waals surface area contributed by atoms with Crippen molar-refractivity contribution in [3.05, 3.63) is 64.2 Å². The van der Waals surface area contributed by atoms with Crippen LogP contribution in [0.4, 0.5) is 13.2 Å². The molecule has 8 heteroatoms. The Balaban J connectivity index is 1.53. The Morgan fingerprint density at radius 3 is 2.25 bits per heavy atom. The number of halogens is 3. The second-order valence-corrected chi connectivity index (χ2v) is 12.3. The number of esters is 1. The predicted molar refractivity (Wildman–Crippen MR) is 154 cm³/mol. The lowest BCUT2D eigenvalue weighted by Gasteiger charge is -2.42. The van der Waals surface area contributed by atoms with E-state index in [4.69, 9.17) is 20.9 Å². The second-order valence-electron chi connectivity index (χ2n) is 12.3. The standard InChI is InChI=1S/C32H43F3N2O3/c1-7-21-10-13-26(27(16-21)32(33,34)35)24-17-22-11-12-25(19-23(22)18-24)39-14-8-9-15-40-28(38)30(4,5)31(6,37)20-29(2,3)36/h10-13,16,18-19H,7-9,14-15,17,20,36-37H2,1-6H3. The minimum absolute atomic E-state index is 0.225. The zero-order valence-corrected chi connectivity index (χ0v) is 24.5. The fourth-order valence-electron chi connectivity index (χ4n) is 5.04. The van der Waals surface area contributed by atoms with Gasteiger partial charge in [0.1, 0.15) is 5.75 Å². The monoisotopic (exact) mass is 560 g/mol. The zero-order chi connectivity index (χ0) is 29.9. The molecule has 1 aliphatic carbocycles. The summed E-state index contributed by atoms with van der Waals surface area (Å²) in [6.07, 6.45) is 0.133. The highest BCUT2D eigenvalue weighted by Gasteiger charge is 2.47. The zero-order valence-electron chi connectivity index (χ0n) is 24.5. The third-order valence-corrected chi connectivity index (χ3v) is 7.77. The smallest absolute Gasteiger partial charge is 0.417 e. The van der Waals surface area contributed by atoms with Crippen LogP contribution in [0.15, 0.2) is 36.4 Å². The van der Waals surface area contributed by atoms with Crippen LogP contribution in [-0.2, 0) is 28.5 Å². The van der Waals surface area contributed by atoms with Crippen LogP contribution < -0.4 is 16.2 Å². The molecule has 2 aromatic rings. The van der Waals surface area contributed by atoms with Gasteiger partial charge in [0.05, 0.1) is 24.2 Å². The number of carbonyl (C=O) groups is 1. The molecule has 0 fully saturated rings. The average Bonchev–Trinajstić information content (AvgIpc) is 3.26. The average molecular weight is 561 g/mol. The number of aryl methyl sites for hydroxylation is 1. The molecule has 5 nitrogen and oxygen atoms in total. The molecule has 0 amide bonds. The van der Waals surface area contributed by atoms with Crippen molar-refractivity contribution in [2.45, 2.75) is 90.9 Å². The molecule has 0 saturated heterocycles. The molecule has 0 saturated carbocycles. The lowest BCUT2D eigenvalue weighted by Crippen LogP contribution is -2.59. The van der Waals surface area contributed by atoms with Gasteiger partial charge in [-0.15, -0.1) is 0 Å². The fraction of sp³-hybridized carbons (Fsp3) is 0.531. The molecular formula is C32H43F3N2O3. The van der Waals surface area contributed by atoms with Gasteiger partial charge in [0.25, 0.3) is 0 Å². The third-order valence-electron chi connectivity index (χ3n) is 7.77. The van der Waals surface area contributed by atoms with Gasteiger partial charge < -0.3 is 20.9 Å². The number of unbranched alkanes of at least 4 members (excludes halogenated alkanes) is 1. The summed E-state index contributed by atoms with van der Waals surface area (Å²) in [7, 11) is 0. The Hall–Kier alpha value is -2.84. The first-order valence-electron chi connectivity index (χ1n) is 13.9. The summed E-state index contributed by atoms with van der Waals surface area (Å²) in [5.41, 5.74) is 13.1. The molecule has 0 aliphatic heterocycles. The van der Waals surface area contributed by atoms with Gasteiger partial charge in [-0.2, -0.15) is 13.2 Å². The molecule has 2 aromatic carbocycles.